The van der Waals surface area contributed by atoms with Crippen LogP contribution in [0.2, 0.25) is 0 Å². The zero-order valence-electron chi connectivity index (χ0n) is 13.8. The molecule has 1 aliphatic heterocycles. The van der Waals surface area contributed by atoms with Crippen LogP contribution in [-0.2, 0) is 11.3 Å². The van der Waals surface area contributed by atoms with E-state index in [2.05, 4.69) is 15.2 Å². The van der Waals surface area contributed by atoms with Crippen molar-refractivity contribution in [3.63, 3.8) is 0 Å². The second-order valence-corrected chi connectivity index (χ2v) is 6.10. The van der Waals surface area contributed by atoms with Crippen LogP contribution in [0.15, 0.2) is 54.7 Å². The molecule has 5 rings (SSSR count). The fourth-order valence-corrected chi connectivity index (χ4v) is 3.39. The third kappa shape index (κ3) is 2.31. The van der Waals surface area contributed by atoms with Crippen LogP contribution >= 0.6 is 0 Å². The first-order chi connectivity index (χ1) is 12.8. The van der Waals surface area contributed by atoms with Gasteiger partial charge in [-0.25, -0.2) is 4.98 Å². The van der Waals surface area contributed by atoms with Crippen LogP contribution in [0, 0.1) is 0 Å². The largest absolute Gasteiger partial charge is 0.508 e. The molecule has 0 unspecified atom stereocenters. The first-order valence-corrected chi connectivity index (χ1v) is 8.26. The van der Waals surface area contributed by atoms with Crippen molar-refractivity contribution in [2.75, 3.05) is 6.79 Å². The number of hydrogen-bond donors (Lipinski definition) is 2. The van der Waals surface area contributed by atoms with Gasteiger partial charge >= 0.3 is 0 Å². The fraction of sp³-hybridized carbons (Fsp3) is 0.100. The van der Waals surface area contributed by atoms with Crippen molar-refractivity contribution in [1.82, 2.24) is 15.2 Å². The molecule has 0 amide bonds. The summed E-state index contributed by atoms with van der Waals surface area (Å²) in [5, 5.41) is 18.3. The Morgan fingerprint density at radius 1 is 1.04 bits per heavy atom. The quantitative estimate of drug-likeness (QED) is 0.576. The normalized spacial score (nSPS) is 13.4. The molecule has 128 valence electrons. The highest BCUT2D eigenvalue weighted by atomic mass is 16.7. The molecule has 2 N–H and O–H groups in total. The fourth-order valence-electron chi connectivity index (χ4n) is 3.39. The van der Waals surface area contributed by atoms with Gasteiger partial charge < -0.3 is 14.6 Å². The summed E-state index contributed by atoms with van der Waals surface area (Å²) in [6, 6.07) is 15.0. The average Bonchev–Trinajstić information content (AvgIpc) is 3.11. The number of aromatic amines is 1. The number of benzene rings is 2. The van der Waals surface area contributed by atoms with Gasteiger partial charge in [0.05, 0.1) is 17.7 Å². The van der Waals surface area contributed by atoms with Crippen molar-refractivity contribution in [2.24, 2.45) is 0 Å². The Morgan fingerprint density at radius 2 is 1.96 bits per heavy atom. The number of nitrogens with one attached hydrogen (secondary N) is 1. The molecular formula is C20H15N3O3. The minimum atomic E-state index is 0.219. The van der Waals surface area contributed by atoms with Crippen LogP contribution in [0.3, 0.4) is 0 Å². The van der Waals surface area contributed by atoms with E-state index in [1.807, 2.05) is 36.4 Å². The molecule has 4 aromatic rings. The minimum Gasteiger partial charge on any atom is -0.508 e. The van der Waals surface area contributed by atoms with E-state index in [0.717, 1.165) is 39.1 Å². The minimum absolute atomic E-state index is 0.219. The standard InChI is InChI=1S/C20H15N3O3/c24-13-4-1-3-12(9-13)14-7-8-21-20-18(14)19(22-23-20)15-5-2-6-17-16(15)10-25-11-26-17/h1-9,24H,10-11H2,(H,21,22,23). The Hall–Kier alpha value is -3.38. The number of fused-ring (bicyclic) bond motifs is 2. The van der Waals surface area contributed by atoms with Crippen molar-refractivity contribution in [3.8, 4) is 33.9 Å². The van der Waals surface area contributed by atoms with Gasteiger partial charge in [0.25, 0.3) is 0 Å². The summed E-state index contributed by atoms with van der Waals surface area (Å²) in [7, 11) is 0. The molecular weight excluding hydrogens is 330 g/mol. The molecule has 0 radical (unpaired) electrons. The summed E-state index contributed by atoms with van der Waals surface area (Å²) in [6.07, 6.45) is 1.72. The summed E-state index contributed by atoms with van der Waals surface area (Å²) >= 11 is 0. The van der Waals surface area contributed by atoms with Crippen LogP contribution in [0.4, 0.5) is 0 Å². The summed E-state index contributed by atoms with van der Waals surface area (Å²) < 4.78 is 11.1. The Bertz CT molecular complexity index is 1120. The highest BCUT2D eigenvalue weighted by molar-refractivity contribution is 6.02. The van der Waals surface area contributed by atoms with E-state index < -0.39 is 0 Å². The lowest BCUT2D eigenvalue weighted by molar-refractivity contribution is -0.0160. The van der Waals surface area contributed by atoms with Gasteiger partial charge in [-0.15, -0.1) is 0 Å². The van der Waals surface area contributed by atoms with Gasteiger partial charge in [-0.2, -0.15) is 5.10 Å². The number of aromatic hydroxyl groups is 1. The molecule has 26 heavy (non-hydrogen) atoms. The second kappa shape index (κ2) is 5.86. The van der Waals surface area contributed by atoms with E-state index in [-0.39, 0.29) is 12.5 Å². The van der Waals surface area contributed by atoms with Crippen molar-refractivity contribution in [1.29, 1.82) is 0 Å². The summed E-state index contributed by atoms with van der Waals surface area (Å²) in [4.78, 5) is 4.38. The van der Waals surface area contributed by atoms with Gasteiger partial charge in [-0.05, 0) is 35.4 Å². The number of nitrogens with zero attached hydrogens (tertiary/aromatic N) is 2. The second-order valence-electron chi connectivity index (χ2n) is 6.10. The molecule has 2 aromatic carbocycles. The predicted octanol–water partition coefficient (Wildman–Crippen LogP) is 3.86. The van der Waals surface area contributed by atoms with E-state index in [4.69, 9.17) is 9.47 Å². The number of rotatable bonds is 2. The number of phenols is 1. The zero-order valence-corrected chi connectivity index (χ0v) is 13.8. The molecule has 2 aromatic heterocycles. The SMILES string of the molecule is Oc1cccc(-c2ccnc3n[nH]c(-c4cccc5c4COCO5)c23)c1. The van der Waals surface area contributed by atoms with E-state index in [1.54, 1.807) is 18.3 Å². The molecule has 6 heteroatoms. The Morgan fingerprint density at radius 3 is 2.88 bits per heavy atom. The Kier molecular flexibility index (Phi) is 3.36. The molecule has 0 aliphatic carbocycles. The monoisotopic (exact) mass is 345 g/mol. The van der Waals surface area contributed by atoms with Crippen LogP contribution in [0.5, 0.6) is 11.5 Å². The van der Waals surface area contributed by atoms with Crippen LogP contribution < -0.4 is 4.74 Å². The molecule has 3 heterocycles. The van der Waals surface area contributed by atoms with Crippen LogP contribution in [0.25, 0.3) is 33.4 Å². The maximum Gasteiger partial charge on any atom is 0.189 e. The third-order valence-corrected chi connectivity index (χ3v) is 4.56. The molecule has 0 spiro atoms. The molecule has 6 nitrogen and oxygen atoms in total. The van der Waals surface area contributed by atoms with Crippen LogP contribution in [-0.4, -0.2) is 27.1 Å². The predicted molar refractivity (Wildman–Crippen MR) is 96.7 cm³/mol. The number of ether oxygens (including phenoxy) is 2. The van der Waals surface area contributed by atoms with Gasteiger partial charge in [0.2, 0.25) is 0 Å². The van der Waals surface area contributed by atoms with Gasteiger partial charge in [0.15, 0.2) is 12.4 Å². The van der Waals surface area contributed by atoms with Crippen LogP contribution in [0.1, 0.15) is 5.56 Å². The number of phenolic OH excluding ortho intramolecular Hbond substituents is 1. The number of pyridine rings is 1. The van der Waals surface area contributed by atoms with Crippen molar-refractivity contribution < 1.29 is 14.6 Å². The lowest BCUT2D eigenvalue weighted by Crippen LogP contribution is -2.12. The molecule has 0 saturated carbocycles. The van der Waals surface area contributed by atoms with E-state index in [9.17, 15) is 5.11 Å². The average molecular weight is 345 g/mol. The lowest BCUT2D eigenvalue weighted by atomic mass is 9.97. The summed E-state index contributed by atoms with van der Waals surface area (Å²) in [5.74, 6) is 1.04. The van der Waals surface area contributed by atoms with E-state index >= 15 is 0 Å². The zero-order chi connectivity index (χ0) is 17.5. The molecule has 0 bridgehead atoms. The topological polar surface area (TPSA) is 80.3 Å². The smallest absolute Gasteiger partial charge is 0.189 e. The Balaban J connectivity index is 1.79. The maximum absolute atomic E-state index is 9.87. The van der Waals surface area contributed by atoms with E-state index in [1.165, 1.54) is 0 Å². The highest BCUT2D eigenvalue weighted by Crippen LogP contribution is 2.39. The number of hydrogen-bond acceptors (Lipinski definition) is 5. The summed E-state index contributed by atoms with van der Waals surface area (Å²) in [5.41, 5.74) is 5.28. The first-order valence-electron chi connectivity index (χ1n) is 8.26. The molecule has 0 fully saturated rings. The molecule has 0 atom stereocenters. The Labute approximate surface area is 149 Å². The summed E-state index contributed by atoms with van der Waals surface area (Å²) in [6.45, 7) is 0.740. The highest BCUT2D eigenvalue weighted by Gasteiger charge is 2.20. The van der Waals surface area contributed by atoms with Crippen molar-refractivity contribution in [2.45, 2.75) is 6.61 Å². The molecule has 1 aliphatic rings. The van der Waals surface area contributed by atoms with Gasteiger partial charge in [-0.3, -0.25) is 5.10 Å². The van der Waals surface area contributed by atoms with Gasteiger partial charge in [0.1, 0.15) is 11.5 Å². The first kappa shape index (κ1) is 14.9. The van der Waals surface area contributed by atoms with Gasteiger partial charge in [0, 0.05) is 17.3 Å². The lowest BCUT2D eigenvalue weighted by Gasteiger charge is -2.20. The maximum atomic E-state index is 9.87. The molecule has 0 saturated heterocycles. The number of aromatic nitrogens is 3. The van der Waals surface area contributed by atoms with E-state index in [0.29, 0.717) is 12.3 Å². The van der Waals surface area contributed by atoms with Gasteiger partial charge in [-0.1, -0.05) is 24.3 Å². The third-order valence-electron chi connectivity index (χ3n) is 4.56. The number of H-pyrrole nitrogens is 1. The van der Waals surface area contributed by atoms with Crippen molar-refractivity contribution in [3.05, 3.63) is 60.3 Å². The van der Waals surface area contributed by atoms with Crippen molar-refractivity contribution >= 4 is 11.0 Å².